The van der Waals surface area contributed by atoms with E-state index in [1.54, 1.807) is 20.8 Å². The van der Waals surface area contributed by atoms with Crippen molar-refractivity contribution in [3.05, 3.63) is 17.9 Å². The summed E-state index contributed by atoms with van der Waals surface area (Å²) in [5, 5.41) is -0.425. The van der Waals surface area contributed by atoms with Gasteiger partial charge in [-0.2, -0.15) is 0 Å². The fourth-order valence-electron chi connectivity index (χ4n) is 1.37. The van der Waals surface area contributed by atoms with Crippen molar-refractivity contribution in [2.24, 2.45) is 0 Å². The van der Waals surface area contributed by atoms with Crippen LogP contribution in [-0.2, 0) is 4.74 Å². The highest BCUT2D eigenvalue weighted by atomic mass is 19.2. The lowest BCUT2D eigenvalue weighted by atomic mass is 10.2. The van der Waals surface area contributed by atoms with Crippen molar-refractivity contribution in [2.75, 3.05) is 19.3 Å². The SMILES string of the molecule is COc1cc(OC)c(F)c(N(F)C(=O)OC(C)(C)C)c1. The number of carbonyl (C=O) groups excluding carboxylic acids is 1. The molecule has 5 nitrogen and oxygen atoms in total. The van der Waals surface area contributed by atoms with Crippen LogP contribution >= 0.6 is 0 Å². The summed E-state index contributed by atoms with van der Waals surface area (Å²) in [5.74, 6) is -1.13. The Labute approximate surface area is 116 Å². The van der Waals surface area contributed by atoms with Crippen LogP contribution in [0.15, 0.2) is 12.1 Å². The van der Waals surface area contributed by atoms with Crippen LogP contribution in [0.2, 0.25) is 0 Å². The summed E-state index contributed by atoms with van der Waals surface area (Å²) in [7, 11) is 2.55. The monoisotopic (exact) mass is 289 g/mol. The standard InChI is InChI=1S/C13H17F2NO4/c1-13(2,3)20-12(17)16(15)9-6-8(18-4)7-10(19-5)11(9)14/h6-7H,1-5H3. The van der Waals surface area contributed by atoms with Crippen molar-refractivity contribution in [1.29, 1.82) is 0 Å². The van der Waals surface area contributed by atoms with Crippen molar-refractivity contribution < 1.29 is 27.9 Å². The van der Waals surface area contributed by atoms with E-state index in [1.165, 1.54) is 20.3 Å². The van der Waals surface area contributed by atoms with E-state index in [1.807, 2.05) is 0 Å². The topological polar surface area (TPSA) is 48.0 Å². The summed E-state index contributed by atoms with van der Waals surface area (Å²) in [4.78, 5) is 11.6. The van der Waals surface area contributed by atoms with Crippen molar-refractivity contribution in [1.82, 2.24) is 0 Å². The number of benzene rings is 1. The zero-order valence-electron chi connectivity index (χ0n) is 12.0. The van der Waals surface area contributed by atoms with Crippen LogP contribution in [0, 0.1) is 5.82 Å². The number of rotatable bonds is 3. The first-order valence-electron chi connectivity index (χ1n) is 5.80. The van der Waals surface area contributed by atoms with Gasteiger partial charge in [-0.05, 0) is 20.8 Å². The molecule has 7 heteroatoms. The zero-order chi connectivity index (χ0) is 15.5. The minimum absolute atomic E-state index is 0.143. The Morgan fingerprint density at radius 3 is 2.25 bits per heavy atom. The Morgan fingerprint density at radius 2 is 1.80 bits per heavy atom. The molecule has 112 valence electrons. The highest BCUT2D eigenvalue weighted by Crippen LogP contribution is 2.34. The van der Waals surface area contributed by atoms with Gasteiger partial charge < -0.3 is 14.2 Å². The van der Waals surface area contributed by atoms with E-state index in [4.69, 9.17) is 14.2 Å². The van der Waals surface area contributed by atoms with Crippen molar-refractivity contribution in [3.8, 4) is 11.5 Å². The number of hydrogen-bond donors (Lipinski definition) is 0. The summed E-state index contributed by atoms with van der Waals surface area (Å²) in [6, 6.07) is 2.27. The average Bonchev–Trinajstić information content (AvgIpc) is 2.36. The maximum atomic E-state index is 14.0. The highest BCUT2D eigenvalue weighted by Gasteiger charge is 2.27. The molecule has 1 aromatic rings. The van der Waals surface area contributed by atoms with E-state index in [0.29, 0.717) is 0 Å². The van der Waals surface area contributed by atoms with Crippen LogP contribution in [0.25, 0.3) is 0 Å². The van der Waals surface area contributed by atoms with E-state index >= 15 is 0 Å². The summed E-state index contributed by atoms with van der Waals surface area (Å²) in [5.41, 5.74) is -1.55. The van der Waals surface area contributed by atoms with Gasteiger partial charge in [0.15, 0.2) is 11.6 Å². The molecule has 1 rings (SSSR count). The molecule has 0 aromatic heterocycles. The summed E-state index contributed by atoms with van der Waals surface area (Å²) in [6.07, 6.45) is -1.33. The maximum Gasteiger partial charge on any atom is 0.443 e. The van der Waals surface area contributed by atoms with Gasteiger partial charge in [-0.25, -0.2) is 9.18 Å². The Morgan fingerprint density at radius 1 is 1.20 bits per heavy atom. The largest absolute Gasteiger partial charge is 0.497 e. The summed E-state index contributed by atoms with van der Waals surface area (Å²) in [6.45, 7) is 4.71. The normalized spacial score (nSPS) is 10.9. The lowest BCUT2D eigenvalue weighted by molar-refractivity contribution is 0.0498. The number of amides is 1. The minimum atomic E-state index is -1.33. The molecule has 0 fully saturated rings. The Balaban J connectivity index is 3.14. The second-order valence-corrected chi connectivity index (χ2v) is 4.92. The number of halogens is 2. The molecule has 0 saturated heterocycles. The number of nitrogens with zero attached hydrogens (tertiary/aromatic N) is 1. The van der Waals surface area contributed by atoms with E-state index in [0.717, 1.165) is 6.07 Å². The first-order valence-corrected chi connectivity index (χ1v) is 5.80. The molecule has 0 aliphatic carbocycles. The number of anilines is 1. The van der Waals surface area contributed by atoms with Crippen LogP contribution in [0.1, 0.15) is 20.8 Å². The average molecular weight is 289 g/mol. The first-order chi connectivity index (χ1) is 9.19. The fraction of sp³-hybridized carbons (Fsp3) is 0.462. The molecule has 0 unspecified atom stereocenters. The summed E-state index contributed by atoms with van der Waals surface area (Å²) < 4.78 is 42.4. The second-order valence-electron chi connectivity index (χ2n) is 4.92. The number of methoxy groups -OCH3 is 2. The Hall–Kier alpha value is -2.05. The van der Waals surface area contributed by atoms with Crippen LogP contribution < -0.4 is 14.6 Å². The molecule has 1 amide bonds. The van der Waals surface area contributed by atoms with Crippen LogP contribution in [0.5, 0.6) is 11.5 Å². The van der Waals surface area contributed by atoms with E-state index in [2.05, 4.69) is 0 Å². The van der Waals surface area contributed by atoms with Gasteiger partial charge in [-0.1, -0.05) is 4.48 Å². The van der Waals surface area contributed by atoms with Crippen molar-refractivity contribution >= 4 is 11.8 Å². The molecular formula is C13H17F2NO4. The smallest absolute Gasteiger partial charge is 0.443 e. The van der Waals surface area contributed by atoms with E-state index in [9.17, 15) is 13.7 Å². The second kappa shape index (κ2) is 5.94. The van der Waals surface area contributed by atoms with Gasteiger partial charge >= 0.3 is 6.09 Å². The molecule has 0 heterocycles. The van der Waals surface area contributed by atoms with Gasteiger partial charge in [0.1, 0.15) is 17.0 Å². The van der Waals surface area contributed by atoms with Gasteiger partial charge in [0.2, 0.25) is 0 Å². The minimum Gasteiger partial charge on any atom is -0.497 e. The molecule has 0 spiro atoms. The van der Waals surface area contributed by atoms with Gasteiger partial charge in [-0.15, -0.1) is 5.12 Å². The molecule has 0 aliphatic rings. The van der Waals surface area contributed by atoms with Gasteiger partial charge in [0, 0.05) is 12.1 Å². The third-order valence-corrected chi connectivity index (χ3v) is 2.21. The summed E-state index contributed by atoms with van der Waals surface area (Å²) >= 11 is 0. The molecule has 0 saturated carbocycles. The first kappa shape index (κ1) is 16.0. The van der Waals surface area contributed by atoms with Gasteiger partial charge in [0.05, 0.1) is 14.2 Å². The highest BCUT2D eigenvalue weighted by molar-refractivity contribution is 5.86. The van der Waals surface area contributed by atoms with Crippen LogP contribution in [-0.4, -0.2) is 25.9 Å². The third-order valence-electron chi connectivity index (χ3n) is 2.21. The molecule has 0 atom stereocenters. The third kappa shape index (κ3) is 3.72. The van der Waals surface area contributed by atoms with Gasteiger partial charge in [0.25, 0.3) is 0 Å². The number of ether oxygens (including phenoxy) is 3. The molecule has 0 radical (unpaired) electrons. The predicted molar refractivity (Wildman–Crippen MR) is 69.3 cm³/mol. The number of hydrogen-bond acceptors (Lipinski definition) is 4. The molecule has 0 aliphatic heterocycles. The molecular weight excluding hydrogens is 272 g/mol. The zero-order valence-corrected chi connectivity index (χ0v) is 12.0. The molecule has 0 N–H and O–H groups in total. The maximum absolute atomic E-state index is 14.0. The molecule has 0 bridgehead atoms. The molecule has 20 heavy (non-hydrogen) atoms. The van der Waals surface area contributed by atoms with Crippen LogP contribution in [0.4, 0.5) is 19.4 Å². The lowest BCUT2D eigenvalue weighted by Gasteiger charge is -2.22. The molecule has 1 aromatic carbocycles. The van der Waals surface area contributed by atoms with Gasteiger partial charge in [-0.3, -0.25) is 0 Å². The van der Waals surface area contributed by atoms with Crippen molar-refractivity contribution in [3.63, 3.8) is 0 Å². The Bertz CT molecular complexity index is 500. The lowest BCUT2D eigenvalue weighted by Crippen LogP contribution is -2.32. The van der Waals surface area contributed by atoms with E-state index < -0.39 is 28.3 Å². The predicted octanol–water partition coefficient (Wildman–Crippen LogP) is 3.47. The van der Waals surface area contributed by atoms with Crippen molar-refractivity contribution in [2.45, 2.75) is 26.4 Å². The quantitative estimate of drug-likeness (QED) is 0.799. The van der Waals surface area contributed by atoms with E-state index in [-0.39, 0.29) is 11.5 Å². The van der Waals surface area contributed by atoms with Crippen LogP contribution in [0.3, 0.4) is 0 Å². The number of carbonyl (C=O) groups is 1. The Kier molecular flexibility index (Phi) is 4.75. The fourth-order valence-corrected chi connectivity index (χ4v) is 1.37.